The maximum Gasteiger partial charge on any atom is 0.223 e. The Balaban J connectivity index is 2.12. The van der Waals surface area contributed by atoms with Crippen LogP contribution in [0.15, 0.2) is 24.3 Å². The SMILES string of the molecule is COc1ccc([C@@H]2CCCN2C(=O)CCS)cc1. The highest BCUT2D eigenvalue weighted by Crippen LogP contribution is 2.33. The topological polar surface area (TPSA) is 29.5 Å². The van der Waals surface area contributed by atoms with E-state index in [-0.39, 0.29) is 11.9 Å². The number of ether oxygens (including phenoxy) is 1. The Morgan fingerprint density at radius 2 is 2.17 bits per heavy atom. The first-order valence-corrected chi connectivity index (χ1v) is 6.94. The zero-order chi connectivity index (χ0) is 13.0. The first kappa shape index (κ1) is 13.3. The smallest absolute Gasteiger partial charge is 0.223 e. The Labute approximate surface area is 114 Å². The Kier molecular flexibility index (Phi) is 4.53. The maximum absolute atomic E-state index is 12.0. The van der Waals surface area contributed by atoms with E-state index in [1.807, 2.05) is 17.0 Å². The molecule has 1 aromatic rings. The minimum atomic E-state index is 0.211. The quantitative estimate of drug-likeness (QED) is 0.848. The van der Waals surface area contributed by atoms with E-state index in [2.05, 4.69) is 24.8 Å². The molecule has 18 heavy (non-hydrogen) atoms. The van der Waals surface area contributed by atoms with E-state index in [9.17, 15) is 4.79 Å². The van der Waals surface area contributed by atoms with Crippen molar-refractivity contribution < 1.29 is 9.53 Å². The molecule has 0 spiro atoms. The molecule has 1 aromatic carbocycles. The lowest BCUT2D eigenvalue weighted by Gasteiger charge is -2.25. The Morgan fingerprint density at radius 3 is 2.78 bits per heavy atom. The second-order valence-electron chi connectivity index (χ2n) is 4.49. The number of methoxy groups -OCH3 is 1. The van der Waals surface area contributed by atoms with Crippen molar-refractivity contribution in [2.24, 2.45) is 0 Å². The highest BCUT2D eigenvalue weighted by Gasteiger charge is 2.29. The molecule has 3 nitrogen and oxygen atoms in total. The van der Waals surface area contributed by atoms with Gasteiger partial charge >= 0.3 is 0 Å². The largest absolute Gasteiger partial charge is 0.497 e. The molecule has 0 radical (unpaired) electrons. The van der Waals surface area contributed by atoms with Gasteiger partial charge in [0.1, 0.15) is 5.75 Å². The van der Waals surface area contributed by atoms with Gasteiger partial charge in [0.15, 0.2) is 0 Å². The standard InChI is InChI=1S/C14H19NO2S/c1-17-12-6-4-11(5-7-12)13-3-2-9-15(13)14(16)8-10-18/h4-7,13,18H,2-3,8-10H2,1H3/t13-/m0/s1. The third-order valence-corrected chi connectivity index (χ3v) is 3.62. The van der Waals surface area contributed by atoms with Gasteiger partial charge in [-0.2, -0.15) is 12.6 Å². The summed E-state index contributed by atoms with van der Waals surface area (Å²) in [6.45, 7) is 0.864. The van der Waals surface area contributed by atoms with Crippen molar-refractivity contribution in [1.82, 2.24) is 4.90 Å². The minimum Gasteiger partial charge on any atom is -0.497 e. The van der Waals surface area contributed by atoms with Crippen LogP contribution in [0.5, 0.6) is 5.75 Å². The van der Waals surface area contributed by atoms with Crippen molar-refractivity contribution in [3.05, 3.63) is 29.8 Å². The molecule has 98 valence electrons. The van der Waals surface area contributed by atoms with Gasteiger partial charge in [-0.3, -0.25) is 4.79 Å². The fourth-order valence-corrected chi connectivity index (χ4v) is 2.67. The molecule has 4 heteroatoms. The Hall–Kier alpha value is -1.16. The number of thiol groups is 1. The number of carbonyl (C=O) groups excluding carboxylic acids is 1. The summed E-state index contributed by atoms with van der Waals surface area (Å²) < 4.78 is 5.15. The fraction of sp³-hybridized carbons (Fsp3) is 0.500. The number of carbonyl (C=O) groups is 1. The van der Waals surface area contributed by atoms with Crippen molar-refractivity contribution in [1.29, 1.82) is 0 Å². The summed E-state index contributed by atoms with van der Waals surface area (Å²) in [4.78, 5) is 14.0. The number of likely N-dealkylation sites (tertiary alicyclic amines) is 1. The van der Waals surface area contributed by atoms with E-state index < -0.39 is 0 Å². The van der Waals surface area contributed by atoms with E-state index in [1.165, 1.54) is 5.56 Å². The molecule has 0 aromatic heterocycles. The molecular weight excluding hydrogens is 246 g/mol. The molecule has 0 aliphatic carbocycles. The molecule has 0 unspecified atom stereocenters. The van der Waals surface area contributed by atoms with Crippen LogP contribution < -0.4 is 4.74 Å². The van der Waals surface area contributed by atoms with E-state index in [0.717, 1.165) is 25.1 Å². The van der Waals surface area contributed by atoms with Gasteiger partial charge < -0.3 is 9.64 Å². The zero-order valence-electron chi connectivity index (χ0n) is 10.6. The van der Waals surface area contributed by atoms with Gasteiger partial charge in [-0.05, 0) is 36.3 Å². The Bertz CT molecular complexity index is 405. The fourth-order valence-electron chi connectivity index (χ4n) is 2.48. The minimum absolute atomic E-state index is 0.211. The molecule has 0 N–H and O–H groups in total. The maximum atomic E-state index is 12.0. The van der Waals surface area contributed by atoms with Crippen LogP contribution in [0.1, 0.15) is 30.9 Å². The third kappa shape index (κ3) is 2.80. The second-order valence-corrected chi connectivity index (χ2v) is 4.94. The summed E-state index contributed by atoms with van der Waals surface area (Å²) in [5.74, 6) is 1.68. The molecule has 1 amide bonds. The number of hydrogen-bond donors (Lipinski definition) is 1. The highest BCUT2D eigenvalue weighted by molar-refractivity contribution is 7.80. The molecule has 1 atom stereocenters. The summed E-state index contributed by atoms with van der Waals surface area (Å²) in [5.41, 5.74) is 1.20. The van der Waals surface area contributed by atoms with Gasteiger partial charge in [0.25, 0.3) is 0 Å². The van der Waals surface area contributed by atoms with Crippen molar-refractivity contribution in [3.8, 4) is 5.75 Å². The van der Waals surface area contributed by atoms with Crippen LogP contribution in [-0.4, -0.2) is 30.2 Å². The van der Waals surface area contributed by atoms with E-state index >= 15 is 0 Å². The zero-order valence-corrected chi connectivity index (χ0v) is 11.5. The van der Waals surface area contributed by atoms with Gasteiger partial charge in [-0.1, -0.05) is 12.1 Å². The van der Waals surface area contributed by atoms with Gasteiger partial charge in [0.05, 0.1) is 13.2 Å². The molecule has 2 rings (SSSR count). The molecule has 1 fully saturated rings. The van der Waals surface area contributed by atoms with Crippen LogP contribution in [0.2, 0.25) is 0 Å². The van der Waals surface area contributed by atoms with E-state index in [4.69, 9.17) is 4.74 Å². The lowest BCUT2D eigenvalue weighted by Crippen LogP contribution is -2.30. The summed E-state index contributed by atoms with van der Waals surface area (Å²) in [6.07, 6.45) is 2.65. The average molecular weight is 265 g/mol. The molecule has 1 aliphatic rings. The summed E-state index contributed by atoms with van der Waals surface area (Å²) >= 11 is 4.13. The molecule has 1 heterocycles. The van der Waals surface area contributed by atoms with E-state index in [0.29, 0.717) is 12.2 Å². The number of rotatable bonds is 4. The van der Waals surface area contributed by atoms with Gasteiger partial charge in [0, 0.05) is 13.0 Å². The van der Waals surface area contributed by atoms with Crippen LogP contribution in [-0.2, 0) is 4.79 Å². The van der Waals surface area contributed by atoms with Crippen molar-refractivity contribution in [3.63, 3.8) is 0 Å². The number of nitrogens with zero attached hydrogens (tertiary/aromatic N) is 1. The van der Waals surface area contributed by atoms with Crippen LogP contribution in [0, 0.1) is 0 Å². The molecule has 0 bridgehead atoms. The second kappa shape index (κ2) is 6.14. The number of amides is 1. The molecule has 1 aliphatic heterocycles. The monoisotopic (exact) mass is 265 g/mol. The highest BCUT2D eigenvalue weighted by atomic mass is 32.1. The average Bonchev–Trinajstić information content (AvgIpc) is 2.88. The lowest BCUT2D eigenvalue weighted by molar-refractivity contribution is -0.131. The van der Waals surface area contributed by atoms with Crippen LogP contribution in [0.3, 0.4) is 0 Å². The summed E-state index contributed by atoms with van der Waals surface area (Å²) in [7, 11) is 1.66. The van der Waals surface area contributed by atoms with Crippen molar-refractivity contribution >= 4 is 18.5 Å². The van der Waals surface area contributed by atoms with Crippen LogP contribution in [0.25, 0.3) is 0 Å². The van der Waals surface area contributed by atoms with Gasteiger partial charge in [-0.25, -0.2) is 0 Å². The lowest BCUT2D eigenvalue weighted by atomic mass is 10.0. The van der Waals surface area contributed by atoms with Crippen molar-refractivity contribution in [2.75, 3.05) is 19.4 Å². The van der Waals surface area contributed by atoms with Crippen molar-refractivity contribution in [2.45, 2.75) is 25.3 Å². The third-order valence-electron chi connectivity index (χ3n) is 3.40. The van der Waals surface area contributed by atoms with Gasteiger partial charge in [-0.15, -0.1) is 0 Å². The number of hydrogen-bond acceptors (Lipinski definition) is 3. The Morgan fingerprint density at radius 1 is 1.44 bits per heavy atom. The van der Waals surface area contributed by atoms with E-state index in [1.54, 1.807) is 7.11 Å². The number of benzene rings is 1. The summed E-state index contributed by atoms with van der Waals surface area (Å²) in [6, 6.07) is 8.23. The summed E-state index contributed by atoms with van der Waals surface area (Å²) in [5, 5.41) is 0. The predicted molar refractivity (Wildman–Crippen MR) is 75.2 cm³/mol. The predicted octanol–water partition coefficient (Wildman–Crippen LogP) is 2.68. The van der Waals surface area contributed by atoms with Crippen LogP contribution >= 0.6 is 12.6 Å². The first-order valence-electron chi connectivity index (χ1n) is 6.30. The van der Waals surface area contributed by atoms with Crippen LogP contribution in [0.4, 0.5) is 0 Å². The van der Waals surface area contributed by atoms with Gasteiger partial charge in [0.2, 0.25) is 5.91 Å². The normalized spacial score (nSPS) is 19.0. The first-order chi connectivity index (χ1) is 8.76. The molecule has 1 saturated heterocycles. The molecular formula is C14H19NO2S. The molecule has 0 saturated carbocycles.